The maximum atomic E-state index is 13.5. The molecule has 1 aromatic carbocycles. The molecule has 0 radical (unpaired) electrons. The van der Waals surface area contributed by atoms with Gasteiger partial charge in [0.05, 0.1) is 38.6 Å². The van der Waals surface area contributed by atoms with Crippen LogP contribution in [0.1, 0.15) is 62.7 Å². The number of anilines is 1. The Morgan fingerprint density at radius 3 is 2.71 bits per heavy atom. The number of carbonyl (C=O) groups is 2. The van der Waals surface area contributed by atoms with Gasteiger partial charge in [0.2, 0.25) is 5.95 Å². The molecule has 1 saturated heterocycles. The standard InChI is InChI=1S/C33H39N7O4S/c1-32(2,3)14-22(15-34)30(42)39-12-6-7-23(39)18-40-25-9-8-21(16-35-19-33(4,5)43)13-24(25)37-31(40)38-29(41)28-11-10-27(45-28)26-17-36-20-44-26/h8-11,13-14,17,20,23,35,43H,6-7,12,16,18-19H2,1-5H3,(H,37,38,41). The Morgan fingerprint density at radius 1 is 1.22 bits per heavy atom. The van der Waals surface area contributed by atoms with E-state index in [9.17, 15) is 20.0 Å². The summed E-state index contributed by atoms with van der Waals surface area (Å²) in [5, 5.41) is 26.1. The van der Waals surface area contributed by atoms with E-state index in [0.29, 0.717) is 48.3 Å². The van der Waals surface area contributed by atoms with Crippen LogP contribution in [0, 0.1) is 16.7 Å². The number of imidazole rings is 1. The zero-order chi connectivity index (χ0) is 32.4. The lowest BCUT2D eigenvalue weighted by atomic mass is 9.93. The van der Waals surface area contributed by atoms with Crippen LogP contribution in [-0.4, -0.2) is 61.1 Å². The van der Waals surface area contributed by atoms with Crippen molar-refractivity contribution in [3.8, 4) is 16.7 Å². The molecule has 4 aromatic rings. The molecule has 3 N–H and O–H groups in total. The molecule has 1 aliphatic heterocycles. The van der Waals surface area contributed by atoms with Gasteiger partial charge in [0.1, 0.15) is 11.6 Å². The summed E-state index contributed by atoms with van der Waals surface area (Å²) in [6, 6.07) is 11.4. The van der Waals surface area contributed by atoms with Crippen LogP contribution >= 0.6 is 11.3 Å². The number of nitrogens with one attached hydrogen (secondary N) is 2. The van der Waals surface area contributed by atoms with Crippen molar-refractivity contribution >= 4 is 40.1 Å². The first-order valence-electron chi connectivity index (χ1n) is 15.0. The third-order valence-electron chi connectivity index (χ3n) is 7.39. The van der Waals surface area contributed by atoms with Crippen LogP contribution in [0.25, 0.3) is 21.7 Å². The Kier molecular flexibility index (Phi) is 9.25. The minimum Gasteiger partial charge on any atom is -0.443 e. The van der Waals surface area contributed by atoms with E-state index in [1.54, 1.807) is 37.1 Å². The lowest BCUT2D eigenvalue weighted by Crippen LogP contribution is -2.39. The van der Waals surface area contributed by atoms with Crippen LogP contribution < -0.4 is 10.6 Å². The Balaban J connectivity index is 1.45. The average molecular weight is 630 g/mol. The average Bonchev–Trinajstić information content (AvgIpc) is 3.78. The summed E-state index contributed by atoms with van der Waals surface area (Å²) in [7, 11) is 0. The van der Waals surface area contributed by atoms with Crippen molar-refractivity contribution in [2.45, 2.75) is 72.2 Å². The fourth-order valence-corrected chi connectivity index (χ4v) is 6.26. The van der Waals surface area contributed by atoms with E-state index in [4.69, 9.17) is 9.40 Å². The third kappa shape index (κ3) is 7.86. The number of hydrogen-bond acceptors (Lipinski definition) is 9. The summed E-state index contributed by atoms with van der Waals surface area (Å²) in [6.45, 7) is 11.3. The Bertz CT molecular complexity index is 1750. The fourth-order valence-electron chi connectivity index (χ4n) is 5.40. The monoisotopic (exact) mass is 629 g/mol. The van der Waals surface area contributed by atoms with Gasteiger partial charge in [-0.15, -0.1) is 11.3 Å². The normalized spacial score (nSPS) is 15.9. The Labute approximate surface area is 266 Å². The lowest BCUT2D eigenvalue weighted by molar-refractivity contribution is -0.127. The number of aromatic nitrogens is 3. The molecule has 0 spiro atoms. The number of allylic oxidation sites excluding steroid dienone is 1. The van der Waals surface area contributed by atoms with Crippen molar-refractivity contribution in [1.29, 1.82) is 5.26 Å². The number of carbonyl (C=O) groups excluding carboxylic acids is 2. The molecule has 1 atom stereocenters. The maximum absolute atomic E-state index is 13.5. The summed E-state index contributed by atoms with van der Waals surface area (Å²) in [5.41, 5.74) is 1.48. The van der Waals surface area contributed by atoms with Gasteiger partial charge >= 0.3 is 0 Å². The van der Waals surface area contributed by atoms with Crippen LogP contribution in [0.15, 0.2) is 59.0 Å². The van der Waals surface area contributed by atoms with E-state index in [1.165, 1.54) is 17.7 Å². The van der Waals surface area contributed by atoms with Gasteiger partial charge in [-0.2, -0.15) is 5.26 Å². The fraction of sp³-hybridized carbons (Fsp3) is 0.424. The first kappa shape index (κ1) is 32.1. The molecule has 0 saturated carbocycles. The second-order valence-electron chi connectivity index (χ2n) is 13.1. The molecule has 1 aliphatic rings. The number of amides is 2. The molecule has 236 valence electrons. The molecule has 12 heteroatoms. The summed E-state index contributed by atoms with van der Waals surface area (Å²) in [4.78, 5) is 38.8. The first-order valence-corrected chi connectivity index (χ1v) is 15.8. The number of thiophene rings is 1. The number of nitrogens with zero attached hydrogens (tertiary/aromatic N) is 5. The van der Waals surface area contributed by atoms with Crippen molar-refractivity contribution in [2.24, 2.45) is 5.41 Å². The van der Waals surface area contributed by atoms with E-state index < -0.39 is 5.60 Å². The molecular weight excluding hydrogens is 590 g/mol. The van der Waals surface area contributed by atoms with Gasteiger partial charge in [0.25, 0.3) is 11.8 Å². The minimum absolute atomic E-state index is 0.141. The molecule has 11 nitrogen and oxygen atoms in total. The number of nitriles is 1. The van der Waals surface area contributed by atoms with Gasteiger partial charge in [-0.1, -0.05) is 32.9 Å². The van der Waals surface area contributed by atoms with Gasteiger partial charge in [0.15, 0.2) is 12.2 Å². The zero-order valence-electron chi connectivity index (χ0n) is 26.3. The summed E-state index contributed by atoms with van der Waals surface area (Å²) >= 11 is 1.29. The van der Waals surface area contributed by atoms with Crippen molar-refractivity contribution in [3.05, 3.63) is 65.0 Å². The van der Waals surface area contributed by atoms with Gasteiger partial charge < -0.3 is 24.3 Å². The van der Waals surface area contributed by atoms with Gasteiger partial charge in [-0.05, 0) is 61.9 Å². The molecule has 2 amide bonds. The van der Waals surface area contributed by atoms with Crippen LogP contribution in [0.2, 0.25) is 0 Å². The molecule has 3 aromatic heterocycles. The molecule has 1 fully saturated rings. The number of likely N-dealkylation sites (tertiary alicyclic amines) is 1. The Morgan fingerprint density at radius 2 is 2.02 bits per heavy atom. The lowest BCUT2D eigenvalue weighted by Gasteiger charge is -2.26. The van der Waals surface area contributed by atoms with Crippen LogP contribution in [0.5, 0.6) is 0 Å². The number of rotatable bonds is 10. The SMILES string of the molecule is CC(C)(C)C=C(C#N)C(=O)N1CCCC1Cn1c(NC(=O)c2ccc(-c3cnco3)s2)nc2cc(CNCC(C)(C)O)ccc21. The van der Waals surface area contributed by atoms with Crippen LogP contribution in [0.3, 0.4) is 0 Å². The summed E-state index contributed by atoms with van der Waals surface area (Å²) in [5.74, 6) is 0.369. The maximum Gasteiger partial charge on any atom is 0.268 e. The second-order valence-corrected chi connectivity index (χ2v) is 14.2. The largest absolute Gasteiger partial charge is 0.443 e. The number of oxazole rings is 1. The zero-order valence-corrected chi connectivity index (χ0v) is 27.1. The minimum atomic E-state index is -0.837. The highest BCUT2D eigenvalue weighted by Crippen LogP contribution is 2.30. The van der Waals surface area contributed by atoms with E-state index >= 15 is 0 Å². The highest BCUT2D eigenvalue weighted by atomic mass is 32.1. The number of hydrogen-bond donors (Lipinski definition) is 3. The molecule has 45 heavy (non-hydrogen) atoms. The third-order valence-corrected chi connectivity index (χ3v) is 8.49. The molecule has 5 rings (SSSR count). The quantitative estimate of drug-likeness (QED) is 0.157. The van der Waals surface area contributed by atoms with Crippen molar-refractivity contribution < 1.29 is 19.1 Å². The van der Waals surface area contributed by atoms with Crippen molar-refractivity contribution in [1.82, 2.24) is 24.8 Å². The molecular formula is C33H39N7O4S. The molecule has 1 unspecified atom stereocenters. The van der Waals surface area contributed by atoms with E-state index in [-0.39, 0.29) is 28.8 Å². The smallest absolute Gasteiger partial charge is 0.268 e. The number of fused-ring (bicyclic) bond motifs is 1. The van der Waals surface area contributed by atoms with Gasteiger partial charge in [-0.3, -0.25) is 14.9 Å². The van der Waals surface area contributed by atoms with Crippen LogP contribution in [-0.2, 0) is 17.9 Å². The number of aliphatic hydroxyl groups is 1. The van der Waals surface area contributed by atoms with Crippen LogP contribution in [0.4, 0.5) is 5.95 Å². The first-order chi connectivity index (χ1) is 21.3. The predicted octanol–water partition coefficient (Wildman–Crippen LogP) is 5.35. The van der Waals surface area contributed by atoms with Crippen molar-refractivity contribution in [2.75, 3.05) is 18.4 Å². The molecule has 4 heterocycles. The van der Waals surface area contributed by atoms with Crippen molar-refractivity contribution in [3.63, 3.8) is 0 Å². The topological polar surface area (TPSA) is 149 Å². The van der Waals surface area contributed by atoms with Gasteiger partial charge in [-0.25, -0.2) is 9.97 Å². The second kappa shape index (κ2) is 13.0. The highest BCUT2D eigenvalue weighted by molar-refractivity contribution is 7.17. The van der Waals surface area contributed by atoms with E-state index in [0.717, 1.165) is 28.8 Å². The molecule has 0 aliphatic carbocycles. The van der Waals surface area contributed by atoms with E-state index in [2.05, 4.69) is 21.7 Å². The summed E-state index contributed by atoms with van der Waals surface area (Å²) in [6.07, 6.45) is 6.25. The molecule has 0 bridgehead atoms. The predicted molar refractivity (Wildman–Crippen MR) is 173 cm³/mol. The number of benzene rings is 1. The van der Waals surface area contributed by atoms with E-state index in [1.807, 2.05) is 49.6 Å². The van der Waals surface area contributed by atoms with Gasteiger partial charge in [0, 0.05) is 26.2 Å². The highest BCUT2D eigenvalue weighted by Gasteiger charge is 2.33. The summed E-state index contributed by atoms with van der Waals surface area (Å²) < 4.78 is 7.33. The Hall–Kier alpha value is -4.31.